The number of rotatable bonds is 4. The molecule has 0 bridgehead atoms. The maximum atomic E-state index is 13.3. The van der Waals surface area contributed by atoms with E-state index < -0.39 is 6.04 Å². The van der Waals surface area contributed by atoms with Crippen molar-refractivity contribution in [2.24, 2.45) is 0 Å². The summed E-state index contributed by atoms with van der Waals surface area (Å²) in [6, 6.07) is 9.77. The highest BCUT2D eigenvalue weighted by Crippen LogP contribution is 2.30. The van der Waals surface area contributed by atoms with Crippen molar-refractivity contribution < 1.29 is 9.59 Å². The summed E-state index contributed by atoms with van der Waals surface area (Å²) >= 11 is 12.3. The second kappa shape index (κ2) is 8.07. The van der Waals surface area contributed by atoms with E-state index in [4.69, 9.17) is 23.2 Å². The molecule has 0 radical (unpaired) electrons. The zero-order valence-corrected chi connectivity index (χ0v) is 16.7. The van der Waals surface area contributed by atoms with Gasteiger partial charge in [-0.1, -0.05) is 35.3 Å². The quantitative estimate of drug-likeness (QED) is 0.825. The fourth-order valence-corrected chi connectivity index (χ4v) is 4.30. The van der Waals surface area contributed by atoms with Crippen LogP contribution in [0.4, 0.5) is 4.79 Å². The summed E-state index contributed by atoms with van der Waals surface area (Å²) in [5, 5.41) is 4.34. The van der Waals surface area contributed by atoms with Crippen molar-refractivity contribution in [1.82, 2.24) is 20.1 Å². The van der Waals surface area contributed by atoms with Crippen molar-refractivity contribution in [3.63, 3.8) is 0 Å². The highest BCUT2D eigenvalue weighted by atomic mass is 35.5. The Morgan fingerprint density at radius 2 is 2.00 bits per heavy atom. The molecule has 1 aromatic heterocycles. The lowest BCUT2D eigenvalue weighted by Gasteiger charge is -2.47. The monoisotopic (exact) mass is 418 g/mol. The van der Waals surface area contributed by atoms with Gasteiger partial charge in [-0.25, -0.2) is 4.79 Å². The zero-order valence-electron chi connectivity index (χ0n) is 15.1. The van der Waals surface area contributed by atoms with E-state index in [0.29, 0.717) is 22.3 Å². The van der Waals surface area contributed by atoms with Gasteiger partial charge in [-0.05, 0) is 49.2 Å². The summed E-state index contributed by atoms with van der Waals surface area (Å²) in [6.07, 6.45) is 3.34. The molecule has 1 aromatic carbocycles. The van der Waals surface area contributed by atoms with Crippen molar-refractivity contribution in [2.45, 2.75) is 38.0 Å². The molecule has 3 heterocycles. The van der Waals surface area contributed by atoms with Crippen LogP contribution >= 0.6 is 23.2 Å². The summed E-state index contributed by atoms with van der Waals surface area (Å²) < 4.78 is 0. The molecule has 146 valence electrons. The molecule has 2 aromatic rings. The molecule has 2 saturated heterocycles. The van der Waals surface area contributed by atoms with Gasteiger partial charge in [0.15, 0.2) is 0 Å². The van der Waals surface area contributed by atoms with Gasteiger partial charge in [-0.15, -0.1) is 0 Å². The minimum Gasteiger partial charge on any atom is -0.315 e. The molecule has 1 N–H and O–H groups in total. The first-order chi connectivity index (χ1) is 13.5. The third-order valence-electron chi connectivity index (χ3n) is 5.24. The molecular formula is C20H20Cl2N4O2. The Morgan fingerprint density at radius 3 is 2.75 bits per heavy atom. The number of carbonyl (C=O) groups is 2. The molecule has 0 spiro atoms. The van der Waals surface area contributed by atoms with E-state index in [9.17, 15) is 9.59 Å². The van der Waals surface area contributed by atoms with Crippen molar-refractivity contribution in [3.8, 4) is 0 Å². The van der Waals surface area contributed by atoms with E-state index in [1.54, 1.807) is 35.4 Å². The van der Waals surface area contributed by atoms with Gasteiger partial charge < -0.3 is 10.2 Å². The van der Waals surface area contributed by atoms with Crippen LogP contribution in [0.25, 0.3) is 0 Å². The molecule has 2 unspecified atom stereocenters. The van der Waals surface area contributed by atoms with Crippen molar-refractivity contribution >= 4 is 35.1 Å². The van der Waals surface area contributed by atoms with Gasteiger partial charge in [-0.2, -0.15) is 0 Å². The molecule has 2 fully saturated rings. The average Bonchev–Trinajstić information content (AvgIpc) is 2.71. The molecule has 3 amide bonds. The lowest BCUT2D eigenvalue weighted by Crippen LogP contribution is -2.69. The molecule has 0 aliphatic carbocycles. The first-order valence-electron chi connectivity index (χ1n) is 9.24. The van der Waals surface area contributed by atoms with Gasteiger partial charge in [0.1, 0.15) is 6.04 Å². The summed E-state index contributed by atoms with van der Waals surface area (Å²) in [4.78, 5) is 33.6. The predicted molar refractivity (Wildman–Crippen MR) is 107 cm³/mol. The summed E-state index contributed by atoms with van der Waals surface area (Å²) in [6.45, 7) is 1.23. The van der Waals surface area contributed by atoms with Gasteiger partial charge in [-0.3, -0.25) is 14.7 Å². The first-order valence-corrected chi connectivity index (χ1v) is 9.99. The van der Waals surface area contributed by atoms with Crippen molar-refractivity contribution in [1.29, 1.82) is 0 Å². The first kappa shape index (κ1) is 19.2. The van der Waals surface area contributed by atoms with Gasteiger partial charge in [0.2, 0.25) is 5.91 Å². The Kier molecular flexibility index (Phi) is 5.53. The van der Waals surface area contributed by atoms with Gasteiger partial charge in [0.25, 0.3) is 0 Å². The van der Waals surface area contributed by atoms with E-state index in [0.717, 1.165) is 24.9 Å². The molecule has 6 nitrogen and oxygen atoms in total. The molecule has 4 rings (SSSR count). The van der Waals surface area contributed by atoms with Crippen LogP contribution < -0.4 is 5.32 Å². The molecule has 2 atom stereocenters. The van der Waals surface area contributed by atoms with Crippen LogP contribution in [-0.4, -0.2) is 45.4 Å². The standard InChI is InChI=1S/C20H20Cl2N4O2/c21-14-7-6-13(16(22)10-14)11-25-17-5-3-9-24-18(17)19(27)26(20(25)28)12-15-4-1-2-8-23-15/h1-2,4,6-8,10,17-18,24H,3,5,9,11-12H2. The minimum absolute atomic E-state index is 0.147. The van der Waals surface area contributed by atoms with Crippen LogP contribution in [0.2, 0.25) is 10.0 Å². The van der Waals surface area contributed by atoms with Gasteiger partial charge in [0.05, 0.1) is 18.3 Å². The number of pyridine rings is 1. The highest BCUT2D eigenvalue weighted by molar-refractivity contribution is 6.35. The van der Waals surface area contributed by atoms with Crippen LogP contribution in [0.15, 0.2) is 42.6 Å². The number of nitrogens with one attached hydrogen (secondary N) is 1. The summed E-state index contributed by atoms with van der Waals surface area (Å²) in [7, 11) is 0. The number of hydrogen-bond donors (Lipinski definition) is 1. The van der Waals surface area contributed by atoms with E-state index in [-0.39, 0.29) is 24.5 Å². The number of aromatic nitrogens is 1. The number of halogens is 2. The molecule has 28 heavy (non-hydrogen) atoms. The number of benzene rings is 1. The van der Waals surface area contributed by atoms with Crippen molar-refractivity contribution in [2.75, 3.05) is 6.54 Å². The second-order valence-electron chi connectivity index (χ2n) is 7.03. The van der Waals surface area contributed by atoms with Crippen LogP contribution in [-0.2, 0) is 17.9 Å². The number of carbonyl (C=O) groups excluding carboxylic acids is 2. The molecule has 2 aliphatic heterocycles. The second-order valence-corrected chi connectivity index (χ2v) is 7.88. The zero-order chi connectivity index (χ0) is 19.7. The van der Waals surface area contributed by atoms with Crippen molar-refractivity contribution in [3.05, 3.63) is 63.9 Å². The molecule has 2 aliphatic rings. The normalized spacial score (nSPS) is 22.4. The fraction of sp³-hybridized carbons (Fsp3) is 0.350. The summed E-state index contributed by atoms with van der Waals surface area (Å²) in [5.41, 5.74) is 1.47. The fourth-order valence-electron chi connectivity index (χ4n) is 3.84. The Morgan fingerprint density at radius 1 is 1.14 bits per heavy atom. The van der Waals surface area contributed by atoms with Gasteiger partial charge >= 0.3 is 6.03 Å². The molecular weight excluding hydrogens is 399 g/mol. The lowest BCUT2D eigenvalue weighted by atomic mass is 9.93. The smallest absolute Gasteiger partial charge is 0.315 e. The Hall–Kier alpha value is -2.15. The minimum atomic E-state index is -0.416. The number of urea groups is 1. The van der Waals surface area contributed by atoms with E-state index in [1.165, 1.54) is 4.90 Å². The highest BCUT2D eigenvalue weighted by Gasteiger charge is 2.47. The van der Waals surface area contributed by atoms with E-state index in [2.05, 4.69) is 10.3 Å². The Balaban J connectivity index is 1.64. The Labute approximate surface area is 173 Å². The number of nitrogens with zero attached hydrogens (tertiary/aromatic N) is 3. The summed E-state index contributed by atoms with van der Waals surface area (Å²) in [5.74, 6) is -0.196. The van der Waals surface area contributed by atoms with E-state index in [1.807, 2.05) is 12.1 Å². The van der Waals surface area contributed by atoms with E-state index >= 15 is 0 Å². The predicted octanol–water partition coefficient (Wildman–Crippen LogP) is 3.47. The number of hydrogen-bond acceptors (Lipinski definition) is 4. The molecule has 0 saturated carbocycles. The topological polar surface area (TPSA) is 65.5 Å². The third kappa shape index (κ3) is 3.72. The number of imide groups is 1. The largest absolute Gasteiger partial charge is 0.327 e. The van der Waals surface area contributed by atoms with Crippen LogP contribution in [0.5, 0.6) is 0 Å². The van der Waals surface area contributed by atoms with Gasteiger partial charge in [0, 0.05) is 22.8 Å². The average molecular weight is 419 g/mol. The SMILES string of the molecule is O=C1C2NCCCC2N(Cc2ccc(Cl)cc2Cl)C(=O)N1Cc1ccccn1. The molecule has 8 heteroatoms. The number of fused-ring (bicyclic) bond motifs is 1. The maximum Gasteiger partial charge on any atom is 0.327 e. The van der Waals surface area contributed by atoms with Crippen LogP contribution in [0.3, 0.4) is 0 Å². The Bertz CT molecular complexity index is 893. The maximum absolute atomic E-state index is 13.3. The number of amides is 3. The number of piperidine rings is 1. The third-order valence-corrected chi connectivity index (χ3v) is 5.82. The lowest BCUT2D eigenvalue weighted by molar-refractivity contribution is -0.137. The van der Waals surface area contributed by atoms with Crippen LogP contribution in [0, 0.1) is 0 Å². The van der Waals surface area contributed by atoms with Crippen LogP contribution in [0.1, 0.15) is 24.1 Å².